The van der Waals surface area contributed by atoms with Crippen molar-refractivity contribution in [1.82, 2.24) is 5.32 Å². The molecule has 0 saturated carbocycles. The third-order valence-corrected chi connectivity index (χ3v) is 2.22. The number of carbonyl (C=O) groups is 1. The molecule has 1 rings (SSSR count). The molecule has 16 heavy (non-hydrogen) atoms. The lowest BCUT2D eigenvalue weighted by atomic mass is 10.2. The predicted octanol–water partition coefficient (Wildman–Crippen LogP) is 1.48. The number of ether oxygens (including phenoxy) is 1. The minimum atomic E-state index is -0.498. The van der Waals surface area contributed by atoms with Crippen LogP contribution in [0.15, 0.2) is 18.2 Å². The Morgan fingerprint density at radius 2 is 2.25 bits per heavy atom. The van der Waals surface area contributed by atoms with Gasteiger partial charge in [-0.3, -0.25) is 4.79 Å². The van der Waals surface area contributed by atoms with Crippen molar-refractivity contribution in [3.8, 4) is 5.75 Å². The Morgan fingerprint density at radius 1 is 1.56 bits per heavy atom. The fourth-order valence-electron chi connectivity index (χ4n) is 1.37. The van der Waals surface area contributed by atoms with Gasteiger partial charge in [0.1, 0.15) is 5.75 Å². The number of benzene rings is 1. The molecule has 3 N–H and O–H groups in total. The quantitative estimate of drug-likeness (QED) is 0.758. The highest BCUT2D eigenvalue weighted by atomic mass is 16.5. The number of hydrogen-bond donors (Lipinski definition) is 2. The first-order chi connectivity index (χ1) is 7.54. The molecule has 1 aromatic rings. The van der Waals surface area contributed by atoms with Gasteiger partial charge in [0.05, 0.1) is 0 Å². The van der Waals surface area contributed by atoms with Crippen LogP contribution in [0.2, 0.25) is 0 Å². The van der Waals surface area contributed by atoms with E-state index in [1.54, 1.807) is 19.1 Å². The first-order valence-corrected chi connectivity index (χ1v) is 5.35. The summed E-state index contributed by atoms with van der Waals surface area (Å²) in [4.78, 5) is 11.5. The number of aryl methyl sites for hydroxylation is 1. The van der Waals surface area contributed by atoms with E-state index in [-0.39, 0.29) is 5.91 Å². The van der Waals surface area contributed by atoms with Crippen LogP contribution >= 0.6 is 0 Å². The van der Waals surface area contributed by atoms with Crippen LogP contribution in [-0.2, 0) is 4.79 Å². The van der Waals surface area contributed by atoms with Crippen molar-refractivity contribution in [2.45, 2.75) is 26.9 Å². The number of carbonyl (C=O) groups excluding carboxylic acids is 1. The fourth-order valence-corrected chi connectivity index (χ4v) is 1.37. The van der Waals surface area contributed by atoms with Crippen LogP contribution < -0.4 is 15.8 Å². The molecule has 0 radical (unpaired) electrons. The standard InChI is InChI=1S/C12H18N2O2/c1-4-14-12(15)9(3)16-11-6-5-10(13)7-8(11)2/h5-7,9H,4,13H2,1-3H3,(H,14,15). The molecule has 0 heterocycles. The fraction of sp³-hybridized carbons (Fsp3) is 0.417. The predicted molar refractivity (Wildman–Crippen MR) is 64.4 cm³/mol. The lowest BCUT2D eigenvalue weighted by molar-refractivity contribution is -0.127. The Kier molecular flexibility index (Phi) is 4.17. The molecule has 88 valence electrons. The van der Waals surface area contributed by atoms with Crippen molar-refractivity contribution < 1.29 is 9.53 Å². The molecule has 0 aliphatic carbocycles. The van der Waals surface area contributed by atoms with Crippen LogP contribution in [0.1, 0.15) is 19.4 Å². The molecule has 0 bridgehead atoms. The van der Waals surface area contributed by atoms with Gasteiger partial charge in [-0.1, -0.05) is 0 Å². The summed E-state index contributed by atoms with van der Waals surface area (Å²) in [6.07, 6.45) is -0.498. The second kappa shape index (κ2) is 5.39. The van der Waals surface area contributed by atoms with E-state index in [2.05, 4.69) is 5.32 Å². The van der Waals surface area contributed by atoms with E-state index in [1.807, 2.05) is 19.9 Å². The van der Waals surface area contributed by atoms with Gasteiger partial charge in [0.25, 0.3) is 5.91 Å². The number of amides is 1. The number of nitrogen functional groups attached to an aromatic ring is 1. The lowest BCUT2D eigenvalue weighted by Gasteiger charge is -2.15. The van der Waals surface area contributed by atoms with E-state index >= 15 is 0 Å². The molecule has 0 aromatic heterocycles. The van der Waals surface area contributed by atoms with Crippen molar-refractivity contribution in [3.05, 3.63) is 23.8 Å². The second-order valence-corrected chi connectivity index (χ2v) is 3.68. The van der Waals surface area contributed by atoms with Gasteiger partial charge in [0.15, 0.2) is 6.10 Å². The lowest BCUT2D eigenvalue weighted by Crippen LogP contribution is -2.36. The van der Waals surface area contributed by atoms with Crippen LogP contribution in [0.25, 0.3) is 0 Å². The van der Waals surface area contributed by atoms with Crippen molar-refractivity contribution in [1.29, 1.82) is 0 Å². The highest BCUT2D eigenvalue weighted by Gasteiger charge is 2.14. The average Bonchev–Trinajstić information content (AvgIpc) is 2.22. The van der Waals surface area contributed by atoms with Gasteiger partial charge >= 0.3 is 0 Å². The summed E-state index contributed by atoms with van der Waals surface area (Å²) in [6, 6.07) is 5.35. The molecule has 0 saturated heterocycles. The Labute approximate surface area is 95.8 Å². The van der Waals surface area contributed by atoms with E-state index in [9.17, 15) is 4.79 Å². The van der Waals surface area contributed by atoms with Crippen LogP contribution in [0.3, 0.4) is 0 Å². The van der Waals surface area contributed by atoms with Crippen LogP contribution in [0.5, 0.6) is 5.75 Å². The maximum atomic E-state index is 11.5. The maximum absolute atomic E-state index is 11.5. The number of likely N-dealkylation sites (N-methyl/N-ethyl adjacent to an activating group) is 1. The molecular formula is C12H18N2O2. The number of hydrogen-bond acceptors (Lipinski definition) is 3. The number of nitrogens with two attached hydrogens (primary N) is 1. The third-order valence-electron chi connectivity index (χ3n) is 2.22. The summed E-state index contributed by atoms with van der Waals surface area (Å²) in [5.74, 6) is 0.576. The molecule has 4 heteroatoms. The molecule has 1 amide bonds. The van der Waals surface area contributed by atoms with Gasteiger partial charge in [-0.25, -0.2) is 0 Å². The van der Waals surface area contributed by atoms with Gasteiger partial charge in [-0.2, -0.15) is 0 Å². The van der Waals surface area contributed by atoms with Crippen LogP contribution in [0, 0.1) is 6.92 Å². The summed E-state index contributed by atoms with van der Waals surface area (Å²) in [5, 5.41) is 2.71. The van der Waals surface area contributed by atoms with Crippen LogP contribution in [-0.4, -0.2) is 18.6 Å². The molecule has 0 fully saturated rings. The van der Waals surface area contributed by atoms with E-state index in [0.29, 0.717) is 18.0 Å². The number of nitrogens with one attached hydrogen (secondary N) is 1. The van der Waals surface area contributed by atoms with Gasteiger partial charge in [-0.15, -0.1) is 0 Å². The zero-order valence-electron chi connectivity index (χ0n) is 9.91. The number of rotatable bonds is 4. The van der Waals surface area contributed by atoms with E-state index in [1.165, 1.54) is 0 Å². The van der Waals surface area contributed by atoms with E-state index in [4.69, 9.17) is 10.5 Å². The van der Waals surface area contributed by atoms with Crippen LogP contribution in [0.4, 0.5) is 5.69 Å². The topological polar surface area (TPSA) is 64.3 Å². The third kappa shape index (κ3) is 3.15. The molecule has 0 aliphatic heterocycles. The van der Waals surface area contributed by atoms with Crippen molar-refractivity contribution in [3.63, 3.8) is 0 Å². The summed E-state index contributed by atoms with van der Waals surface area (Å²) >= 11 is 0. The molecule has 1 unspecified atom stereocenters. The van der Waals surface area contributed by atoms with Gasteiger partial charge in [0.2, 0.25) is 0 Å². The van der Waals surface area contributed by atoms with E-state index < -0.39 is 6.10 Å². The minimum Gasteiger partial charge on any atom is -0.481 e. The Morgan fingerprint density at radius 3 is 2.81 bits per heavy atom. The van der Waals surface area contributed by atoms with E-state index in [0.717, 1.165) is 5.56 Å². The Hall–Kier alpha value is -1.71. The maximum Gasteiger partial charge on any atom is 0.260 e. The SMILES string of the molecule is CCNC(=O)C(C)Oc1ccc(N)cc1C. The van der Waals surface area contributed by atoms with Gasteiger partial charge < -0.3 is 15.8 Å². The molecule has 0 spiro atoms. The van der Waals surface area contributed by atoms with Crippen molar-refractivity contribution in [2.24, 2.45) is 0 Å². The average molecular weight is 222 g/mol. The molecule has 4 nitrogen and oxygen atoms in total. The summed E-state index contributed by atoms with van der Waals surface area (Å²) < 4.78 is 5.55. The summed E-state index contributed by atoms with van der Waals surface area (Å²) in [7, 11) is 0. The summed E-state index contributed by atoms with van der Waals surface area (Å²) in [6.45, 7) is 6.10. The highest BCUT2D eigenvalue weighted by Crippen LogP contribution is 2.21. The second-order valence-electron chi connectivity index (χ2n) is 3.68. The molecule has 0 aliphatic rings. The van der Waals surface area contributed by atoms with Gasteiger partial charge in [0, 0.05) is 12.2 Å². The summed E-state index contributed by atoms with van der Waals surface area (Å²) in [5.41, 5.74) is 7.25. The van der Waals surface area contributed by atoms with Crippen molar-refractivity contribution >= 4 is 11.6 Å². The first kappa shape index (κ1) is 12.4. The minimum absolute atomic E-state index is 0.112. The zero-order chi connectivity index (χ0) is 12.1. The normalized spacial score (nSPS) is 11.9. The highest BCUT2D eigenvalue weighted by molar-refractivity contribution is 5.80. The Bertz CT molecular complexity index is 377. The zero-order valence-corrected chi connectivity index (χ0v) is 9.91. The molecule has 1 aromatic carbocycles. The molecule has 1 atom stereocenters. The monoisotopic (exact) mass is 222 g/mol. The first-order valence-electron chi connectivity index (χ1n) is 5.35. The molecular weight excluding hydrogens is 204 g/mol. The smallest absolute Gasteiger partial charge is 0.260 e. The van der Waals surface area contributed by atoms with Crippen molar-refractivity contribution in [2.75, 3.05) is 12.3 Å². The number of anilines is 1. The Balaban J connectivity index is 2.69. The largest absolute Gasteiger partial charge is 0.481 e. The van der Waals surface area contributed by atoms with Gasteiger partial charge in [-0.05, 0) is 44.5 Å².